The molecule has 1 saturated heterocycles. The monoisotopic (exact) mass is 294 g/mol. The molecule has 20 heavy (non-hydrogen) atoms. The lowest BCUT2D eigenvalue weighted by molar-refractivity contribution is 0.590. The van der Waals surface area contributed by atoms with Crippen LogP contribution >= 0.6 is 11.8 Å². The summed E-state index contributed by atoms with van der Waals surface area (Å²) in [7, 11) is 0. The van der Waals surface area contributed by atoms with E-state index in [-0.39, 0.29) is 5.52 Å². The maximum atomic E-state index is 13.8. The Hall–Kier alpha value is -1.36. The van der Waals surface area contributed by atoms with E-state index in [2.05, 4.69) is 16.8 Å². The summed E-state index contributed by atoms with van der Waals surface area (Å²) in [5.41, 5.74) is 1.13. The van der Waals surface area contributed by atoms with Gasteiger partial charge >= 0.3 is 0 Å². The highest BCUT2D eigenvalue weighted by molar-refractivity contribution is 8.00. The number of fused-ring (bicyclic) bond motifs is 1. The van der Waals surface area contributed by atoms with Gasteiger partial charge in [-0.3, -0.25) is 4.98 Å². The van der Waals surface area contributed by atoms with Crippen LogP contribution in [0.5, 0.6) is 0 Å². The highest BCUT2D eigenvalue weighted by Crippen LogP contribution is 2.31. The Labute approximate surface area is 121 Å². The Morgan fingerprint density at radius 2 is 2.25 bits per heavy atom. The molecule has 2 heterocycles. The molecule has 106 valence electrons. The maximum Gasteiger partial charge on any atom is 0.152 e. The van der Waals surface area contributed by atoms with Gasteiger partial charge in [-0.2, -0.15) is 11.8 Å². The van der Waals surface area contributed by atoms with E-state index < -0.39 is 11.6 Å². The molecule has 3 rings (SSSR count). The third-order valence-electron chi connectivity index (χ3n) is 3.67. The van der Waals surface area contributed by atoms with Crippen molar-refractivity contribution in [1.82, 2.24) is 4.98 Å². The zero-order valence-corrected chi connectivity index (χ0v) is 12.1. The van der Waals surface area contributed by atoms with Gasteiger partial charge in [0.05, 0.1) is 0 Å². The van der Waals surface area contributed by atoms with Crippen LogP contribution in [-0.2, 0) is 0 Å². The summed E-state index contributed by atoms with van der Waals surface area (Å²) in [6, 6.07) is 4.12. The first-order chi connectivity index (χ1) is 9.69. The molecule has 0 spiro atoms. The van der Waals surface area contributed by atoms with Crippen molar-refractivity contribution in [2.24, 2.45) is 0 Å². The smallest absolute Gasteiger partial charge is 0.152 e. The number of aromatic nitrogens is 1. The largest absolute Gasteiger partial charge is 0.369 e. The van der Waals surface area contributed by atoms with E-state index in [9.17, 15) is 8.78 Å². The molecule has 1 atom stereocenters. The van der Waals surface area contributed by atoms with Gasteiger partial charge in [0, 0.05) is 47.4 Å². The van der Waals surface area contributed by atoms with E-state index in [0.29, 0.717) is 10.6 Å². The summed E-state index contributed by atoms with van der Waals surface area (Å²) in [6.07, 6.45) is 2.70. The van der Waals surface area contributed by atoms with Crippen molar-refractivity contribution >= 4 is 28.4 Å². The molecule has 1 aliphatic heterocycles. The van der Waals surface area contributed by atoms with Crippen LogP contribution in [0.1, 0.15) is 13.3 Å². The Balaban J connectivity index is 2.07. The van der Waals surface area contributed by atoms with Crippen LogP contribution in [-0.4, -0.2) is 29.1 Å². The van der Waals surface area contributed by atoms with Crippen LogP contribution in [0.3, 0.4) is 0 Å². The van der Waals surface area contributed by atoms with Gasteiger partial charge in [-0.1, -0.05) is 6.92 Å². The van der Waals surface area contributed by atoms with Gasteiger partial charge < -0.3 is 4.90 Å². The highest BCUT2D eigenvalue weighted by atomic mass is 32.2. The second-order valence-corrected chi connectivity index (χ2v) is 6.37. The number of nitrogens with zero attached hydrogens (tertiary/aromatic N) is 2. The van der Waals surface area contributed by atoms with Crippen LogP contribution in [0, 0.1) is 11.6 Å². The van der Waals surface area contributed by atoms with Crippen molar-refractivity contribution in [3.05, 3.63) is 36.0 Å². The number of hydrogen-bond acceptors (Lipinski definition) is 3. The first-order valence-corrected chi connectivity index (χ1v) is 7.84. The Bertz CT molecular complexity index is 633. The van der Waals surface area contributed by atoms with Crippen LogP contribution in [0.25, 0.3) is 10.9 Å². The third-order valence-corrected chi connectivity index (χ3v) is 5.05. The predicted octanol–water partition coefficient (Wildman–Crippen LogP) is 3.84. The molecule has 2 aromatic rings. The number of halogens is 2. The fraction of sp³-hybridized carbons (Fsp3) is 0.400. The molecular formula is C15H16F2N2S. The first-order valence-electron chi connectivity index (χ1n) is 6.79. The fourth-order valence-electron chi connectivity index (χ4n) is 2.63. The summed E-state index contributed by atoms with van der Waals surface area (Å²) in [6.45, 7) is 3.99. The van der Waals surface area contributed by atoms with E-state index >= 15 is 0 Å². The van der Waals surface area contributed by atoms with E-state index in [1.165, 1.54) is 6.07 Å². The number of anilines is 1. The SMILES string of the molecule is CCC1CN(c2ccnc3c(F)cc(F)cc23)CCS1. The lowest BCUT2D eigenvalue weighted by Gasteiger charge is -2.34. The number of hydrogen-bond donors (Lipinski definition) is 0. The van der Waals surface area contributed by atoms with Gasteiger partial charge in [0.2, 0.25) is 0 Å². The molecule has 1 aliphatic rings. The first kappa shape index (κ1) is 13.6. The molecule has 1 aromatic carbocycles. The predicted molar refractivity (Wildman–Crippen MR) is 80.4 cm³/mol. The minimum Gasteiger partial charge on any atom is -0.369 e. The zero-order chi connectivity index (χ0) is 14.1. The van der Waals surface area contributed by atoms with Crippen molar-refractivity contribution in [2.75, 3.05) is 23.7 Å². The molecule has 0 bridgehead atoms. The molecule has 0 aliphatic carbocycles. The molecule has 0 amide bonds. The lowest BCUT2D eigenvalue weighted by atomic mass is 10.1. The molecule has 1 aromatic heterocycles. The number of rotatable bonds is 2. The zero-order valence-electron chi connectivity index (χ0n) is 11.3. The molecule has 1 unspecified atom stereocenters. The van der Waals surface area contributed by atoms with E-state index in [4.69, 9.17) is 0 Å². The van der Waals surface area contributed by atoms with Crippen molar-refractivity contribution in [3.8, 4) is 0 Å². The van der Waals surface area contributed by atoms with Crippen molar-refractivity contribution in [3.63, 3.8) is 0 Å². The van der Waals surface area contributed by atoms with E-state index in [1.807, 2.05) is 17.8 Å². The van der Waals surface area contributed by atoms with Gasteiger partial charge in [-0.25, -0.2) is 8.78 Å². The second kappa shape index (κ2) is 5.56. The molecule has 0 saturated carbocycles. The Morgan fingerprint density at radius 3 is 3.05 bits per heavy atom. The summed E-state index contributed by atoms with van der Waals surface area (Å²) in [5, 5.41) is 1.14. The fourth-order valence-corrected chi connectivity index (χ4v) is 3.81. The molecule has 2 nitrogen and oxygen atoms in total. The highest BCUT2D eigenvalue weighted by Gasteiger charge is 2.21. The van der Waals surface area contributed by atoms with Crippen LogP contribution < -0.4 is 4.90 Å². The van der Waals surface area contributed by atoms with E-state index in [1.54, 1.807) is 6.20 Å². The molecule has 0 N–H and O–H groups in total. The Kier molecular flexibility index (Phi) is 3.78. The topological polar surface area (TPSA) is 16.1 Å². The molecule has 1 fully saturated rings. The minimum atomic E-state index is -0.597. The summed E-state index contributed by atoms with van der Waals surface area (Å²) in [5.74, 6) is -0.108. The van der Waals surface area contributed by atoms with Crippen molar-refractivity contribution in [1.29, 1.82) is 0 Å². The molecule has 5 heteroatoms. The van der Waals surface area contributed by atoms with E-state index in [0.717, 1.165) is 37.0 Å². The van der Waals surface area contributed by atoms with Crippen LogP contribution in [0.4, 0.5) is 14.5 Å². The number of pyridine rings is 1. The summed E-state index contributed by atoms with van der Waals surface area (Å²) >= 11 is 1.97. The van der Waals surface area contributed by atoms with Gasteiger partial charge in [0.1, 0.15) is 11.3 Å². The van der Waals surface area contributed by atoms with Crippen LogP contribution in [0.2, 0.25) is 0 Å². The number of benzene rings is 1. The summed E-state index contributed by atoms with van der Waals surface area (Å²) < 4.78 is 27.3. The van der Waals surface area contributed by atoms with Crippen molar-refractivity contribution in [2.45, 2.75) is 18.6 Å². The average Bonchev–Trinajstić information content (AvgIpc) is 2.46. The Morgan fingerprint density at radius 1 is 1.40 bits per heavy atom. The number of thioether (sulfide) groups is 1. The van der Waals surface area contributed by atoms with Crippen molar-refractivity contribution < 1.29 is 8.78 Å². The quantitative estimate of drug-likeness (QED) is 0.837. The minimum absolute atomic E-state index is 0.246. The van der Waals surface area contributed by atoms with Gasteiger partial charge in [0.15, 0.2) is 5.82 Å². The average molecular weight is 294 g/mol. The second-order valence-electron chi connectivity index (χ2n) is 4.96. The normalized spacial score (nSPS) is 19.6. The van der Waals surface area contributed by atoms with Crippen LogP contribution in [0.15, 0.2) is 24.4 Å². The van der Waals surface area contributed by atoms with Gasteiger partial charge in [0.25, 0.3) is 0 Å². The lowest BCUT2D eigenvalue weighted by Crippen LogP contribution is -2.37. The van der Waals surface area contributed by atoms with Gasteiger partial charge in [-0.15, -0.1) is 0 Å². The standard InChI is InChI=1S/C15H16F2N2S/c1-2-11-9-19(5-6-20-11)14-3-4-18-15-12(14)7-10(16)8-13(15)17/h3-4,7-8,11H,2,5-6,9H2,1H3. The summed E-state index contributed by atoms with van der Waals surface area (Å²) in [4.78, 5) is 6.26. The third kappa shape index (κ3) is 2.46. The molecule has 0 radical (unpaired) electrons. The molecular weight excluding hydrogens is 278 g/mol. The van der Waals surface area contributed by atoms with Gasteiger partial charge in [-0.05, 0) is 18.6 Å². The maximum absolute atomic E-state index is 13.8.